The van der Waals surface area contributed by atoms with Crippen molar-refractivity contribution in [1.29, 1.82) is 0 Å². The maximum Gasteiger partial charge on any atom is 0.123 e. The summed E-state index contributed by atoms with van der Waals surface area (Å²) >= 11 is 0. The molecule has 0 aliphatic heterocycles. The standard InChI is InChI=1S/C25H29NO/c1-19(2)24-20(3)14-15-23(25(24)27)18-26(16-21-10-6-4-7-11-21)17-22-12-8-5-9-13-22/h4-15,19,27H,16-18H2,1-3H3. The van der Waals surface area contributed by atoms with Crippen LogP contribution in [0.2, 0.25) is 0 Å². The molecule has 0 amide bonds. The van der Waals surface area contributed by atoms with Gasteiger partial charge in [0.2, 0.25) is 0 Å². The predicted molar refractivity (Wildman–Crippen MR) is 113 cm³/mol. The Morgan fingerprint density at radius 1 is 0.741 bits per heavy atom. The quantitative estimate of drug-likeness (QED) is 0.557. The third-order valence-corrected chi connectivity index (χ3v) is 4.99. The Bertz CT molecular complexity index is 815. The Labute approximate surface area is 163 Å². The Morgan fingerprint density at radius 2 is 1.26 bits per heavy atom. The summed E-state index contributed by atoms with van der Waals surface area (Å²) in [7, 11) is 0. The SMILES string of the molecule is Cc1ccc(CN(Cc2ccccc2)Cc2ccccc2)c(O)c1C(C)C. The normalized spacial score (nSPS) is 11.3. The van der Waals surface area contributed by atoms with Crippen LogP contribution < -0.4 is 0 Å². The summed E-state index contributed by atoms with van der Waals surface area (Å²) in [6, 6.07) is 25.3. The third-order valence-electron chi connectivity index (χ3n) is 4.99. The van der Waals surface area contributed by atoms with E-state index in [-0.39, 0.29) is 0 Å². The molecule has 0 radical (unpaired) electrons. The summed E-state index contributed by atoms with van der Waals surface area (Å²) in [4.78, 5) is 2.39. The second-order valence-corrected chi connectivity index (χ2v) is 7.57. The first kappa shape index (κ1) is 19.2. The molecule has 3 aromatic carbocycles. The minimum atomic E-state index is 0.307. The summed E-state index contributed by atoms with van der Waals surface area (Å²) in [5.41, 5.74) is 5.78. The third kappa shape index (κ3) is 4.99. The lowest BCUT2D eigenvalue weighted by atomic mass is 9.94. The molecule has 1 N–H and O–H groups in total. The van der Waals surface area contributed by atoms with Crippen LogP contribution in [0.3, 0.4) is 0 Å². The zero-order chi connectivity index (χ0) is 19.2. The van der Waals surface area contributed by atoms with Crippen molar-refractivity contribution in [3.05, 3.63) is 101 Å². The molecule has 0 atom stereocenters. The molecular formula is C25H29NO. The second kappa shape index (κ2) is 8.88. The zero-order valence-corrected chi connectivity index (χ0v) is 16.5. The second-order valence-electron chi connectivity index (χ2n) is 7.57. The predicted octanol–water partition coefficient (Wildman–Crippen LogP) is 6.03. The number of hydrogen-bond acceptors (Lipinski definition) is 2. The molecule has 0 heterocycles. The van der Waals surface area contributed by atoms with Crippen molar-refractivity contribution in [2.75, 3.05) is 0 Å². The molecule has 3 aromatic rings. The lowest BCUT2D eigenvalue weighted by Gasteiger charge is -2.25. The van der Waals surface area contributed by atoms with E-state index in [1.807, 2.05) is 12.1 Å². The van der Waals surface area contributed by atoms with E-state index in [9.17, 15) is 5.11 Å². The Morgan fingerprint density at radius 3 is 1.74 bits per heavy atom. The maximum absolute atomic E-state index is 10.9. The van der Waals surface area contributed by atoms with Crippen LogP contribution in [0, 0.1) is 6.92 Å². The van der Waals surface area contributed by atoms with Crippen LogP contribution >= 0.6 is 0 Å². The molecule has 0 unspecified atom stereocenters. The minimum absolute atomic E-state index is 0.307. The highest BCUT2D eigenvalue weighted by atomic mass is 16.3. The lowest BCUT2D eigenvalue weighted by molar-refractivity contribution is 0.244. The number of benzene rings is 3. The van der Waals surface area contributed by atoms with Gasteiger partial charge in [0.05, 0.1) is 0 Å². The fraction of sp³-hybridized carbons (Fsp3) is 0.280. The van der Waals surface area contributed by atoms with Crippen molar-refractivity contribution >= 4 is 0 Å². The van der Waals surface area contributed by atoms with E-state index in [1.165, 1.54) is 11.1 Å². The number of aryl methyl sites for hydroxylation is 1. The Balaban J connectivity index is 1.88. The van der Waals surface area contributed by atoms with E-state index >= 15 is 0 Å². The molecule has 0 saturated carbocycles. The topological polar surface area (TPSA) is 23.5 Å². The molecule has 3 rings (SSSR count). The van der Waals surface area contributed by atoms with Gasteiger partial charge >= 0.3 is 0 Å². The smallest absolute Gasteiger partial charge is 0.123 e. The molecule has 0 aliphatic rings. The highest BCUT2D eigenvalue weighted by Crippen LogP contribution is 2.33. The van der Waals surface area contributed by atoms with Gasteiger partial charge in [-0.05, 0) is 35.1 Å². The molecule has 0 aromatic heterocycles. The first-order chi connectivity index (χ1) is 13.0. The molecular weight excluding hydrogens is 330 g/mol. The van der Waals surface area contributed by atoms with Crippen LogP contribution in [0.1, 0.15) is 47.6 Å². The molecule has 27 heavy (non-hydrogen) atoms. The van der Waals surface area contributed by atoms with E-state index in [0.29, 0.717) is 11.7 Å². The summed E-state index contributed by atoms with van der Waals surface area (Å²) in [5.74, 6) is 0.762. The lowest BCUT2D eigenvalue weighted by Crippen LogP contribution is -2.22. The van der Waals surface area contributed by atoms with Crippen molar-refractivity contribution in [3.63, 3.8) is 0 Å². The van der Waals surface area contributed by atoms with Gasteiger partial charge in [0.1, 0.15) is 5.75 Å². The average Bonchev–Trinajstić information content (AvgIpc) is 2.65. The molecule has 2 heteroatoms. The largest absolute Gasteiger partial charge is 0.507 e. The average molecular weight is 360 g/mol. The fourth-order valence-corrected chi connectivity index (χ4v) is 3.70. The molecule has 0 aliphatic carbocycles. The number of aromatic hydroxyl groups is 1. The highest BCUT2D eigenvalue weighted by Gasteiger charge is 2.16. The molecule has 0 saturated heterocycles. The van der Waals surface area contributed by atoms with Crippen molar-refractivity contribution in [2.24, 2.45) is 0 Å². The summed E-state index contributed by atoms with van der Waals surface area (Å²) in [6.45, 7) is 8.76. The molecule has 0 spiro atoms. The number of nitrogens with zero attached hydrogens (tertiary/aromatic N) is 1. The van der Waals surface area contributed by atoms with Crippen molar-refractivity contribution in [2.45, 2.75) is 46.3 Å². The van der Waals surface area contributed by atoms with Crippen LogP contribution in [0.4, 0.5) is 0 Å². The molecule has 0 fully saturated rings. The van der Waals surface area contributed by atoms with Crippen LogP contribution in [0.15, 0.2) is 72.8 Å². The van der Waals surface area contributed by atoms with E-state index in [0.717, 1.165) is 36.3 Å². The summed E-state index contributed by atoms with van der Waals surface area (Å²) < 4.78 is 0. The van der Waals surface area contributed by atoms with Gasteiger partial charge in [0.15, 0.2) is 0 Å². The fourth-order valence-electron chi connectivity index (χ4n) is 3.70. The van der Waals surface area contributed by atoms with Crippen LogP contribution in [-0.2, 0) is 19.6 Å². The zero-order valence-electron chi connectivity index (χ0n) is 16.5. The Kier molecular flexibility index (Phi) is 6.31. The molecule has 2 nitrogen and oxygen atoms in total. The van der Waals surface area contributed by atoms with Gasteiger partial charge in [-0.25, -0.2) is 0 Å². The Hall–Kier alpha value is -2.58. The van der Waals surface area contributed by atoms with Gasteiger partial charge in [-0.3, -0.25) is 4.90 Å². The summed E-state index contributed by atoms with van der Waals surface area (Å²) in [6.07, 6.45) is 0. The van der Waals surface area contributed by atoms with Crippen molar-refractivity contribution < 1.29 is 5.11 Å². The van der Waals surface area contributed by atoms with Crippen LogP contribution in [0.5, 0.6) is 5.75 Å². The number of phenols is 1. The van der Waals surface area contributed by atoms with Gasteiger partial charge in [-0.15, -0.1) is 0 Å². The van der Waals surface area contributed by atoms with Gasteiger partial charge in [-0.2, -0.15) is 0 Å². The van der Waals surface area contributed by atoms with E-state index < -0.39 is 0 Å². The van der Waals surface area contributed by atoms with Crippen molar-refractivity contribution in [3.8, 4) is 5.75 Å². The molecule has 0 bridgehead atoms. The maximum atomic E-state index is 10.9. The molecule has 140 valence electrons. The van der Waals surface area contributed by atoms with Crippen LogP contribution in [-0.4, -0.2) is 10.0 Å². The highest BCUT2D eigenvalue weighted by molar-refractivity contribution is 5.46. The van der Waals surface area contributed by atoms with Crippen molar-refractivity contribution in [1.82, 2.24) is 4.90 Å². The minimum Gasteiger partial charge on any atom is -0.507 e. The van der Waals surface area contributed by atoms with Gasteiger partial charge in [-0.1, -0.05) is 86.6 Å². The van der Waals surface area contributed by atoms with E-state index in [1.54, 1.807) is 0 Å². The van der Waals surface area contributed by atoms with E-state index in [2.05, 4.69) is 86.3 Å². The monoisotopic (exact) mass is 359 g/mol. The number of rotatable bonds is 7. The first-order valence-corrected chi connectivity index (χ1v) is 9.66. The van der Waals surface area contributed by atoms with Gasteiger partial charge in [0.25, 0.3) is 0 Å². The number of phenolic OH excluding ortho intramolecular Hbond substituents is 1. The van der Waals surface area contributed by atoms with Crippen LogP contribution in [0.25, 0.3) is 0 Å². The van der Waals surface area contributed by atoms with E-state index in [4.69, 9.17) is 0 Å². The van der Waals surface area contributed by atoms with Gasteiger partial charge in [0, 0.05) is 25.2 Å². The summed E-state index contributed by atoms with van der Waals surface area (Å²) in [5, 5.41) is 10.9. The number of hydrogen-bond donors (Lipinski definition) is 1. The van der Waals surface area contributed by atoms with Gasteiger partial charge < -0.3 is 5.11 Å². The first-order valence-electron chi connectivity index (χ1n) is 9.66.